The minimum atomic E-state index is 0.564. The minimum absolute atomic E-state index is 0.564. The number of aryl methyl sites for hydroxylation is 2. The van der Waals surface area contributed by atoms with Gasteiger partial charge in [-0.25, -0.2) is 4.98 Å². The van der Waals surface area contributed by atoms with Crippen LogP contribution in [0.5, 0.6) is 0 Å². The van der Waals surface area contributed by atoms with Gasteiger partial charge in [0.25, 0.3) is 0 Å². The van der Waals surface area contributed by atoms with E-state index in [9.17, 15) is 0 Å². The van der Waals surface area contributed by atoms with E-state index in [1.165, 1.54) is 54.7 Å². The maximum atomic E-state index is 5.26. The Morgan fingerprint density at radius 2 is 0.577 bits per heavy atom. The molecule has 0 unspecified atom stereocenters. The van der Waals surface area contributed by atoms with Gasteiger partial charge < -0.3 is 9.13 Å². The van der Waals surface area contributed by atoms with Crippen LogP contribution in [0.3, 0.4) is 0 Å². The molecule has 6 nitrogen and oxygen atoms in total. The third-order valence-corrected chi connectivity index (χ3v) is 14.2. The molecule has 0 aliphatic carbocycles. The Kier molecular flexibility index (Phi) is 9.23. The van der Waals surface area contributed by atoms with Gasteiger partial charge in [-0.05, 0) is 121 Å². The van der Waals surface area contributed by atoms with Gasteiger partial charge in [-0.1, -0.05) is 157 Å². The van der Waals surface area contributed by atoms with Crippen molar-refractivity contribution < 1.29 is 0 Å². The van der Waals surface area contributed by atoms with Gasteiger partial charge in [0, 0.05) is 54.8 Å². The first-order chi connectivity index (χ1) is 35.0. The second-order valence-corrected chi connectivity index (χ2v) is 18.7. The molecule has 4 heterocycles. The van der Waals surface area contributed by atoms with Gasteiger partial charge in [0.05, 0.1) is 33.1 Å². The minimum Gasteiger partial charge on any atom is -0.309 e. The van der Waals surface area contributed by atoms with Crippen molar-refractivity contribution in [1.29, 1.82) is 0 Å². The maximum Gasteiger partial charge on any atom is 0.238 e. The van der Waals surface area contributed by atoms with Gasteiger partial charge in [0.2, 0.25) is 5.95 Å². The first kappa shape index (κ1) is 40.7. The Bertz CT molecular complexity index is 4110. The van der Waals surface area contributed by atoms with E-state index in [0.717, 1.165) is 66.6 Å². The predicted octanol–water partition coefficient (Wildman–Crippen LogP) is 16.4. The number of hydrogen-bond acceptors (Lipinski definition) is 3. The Labute approximate surface area is 410 Å². The van der Waals surface area contributed by atoms with Crippen LogP contribution < -0.4 is 0 Å². The molecule has 0 atom stereocenters. The summed E-state index contributed by atoms with van der Waals surface area (Å²) in [5.41, 5.74) is 18.0. The number of rotatable bonds is 7. The molecule has 4 aromatic heterocycles. The number of hydrogen-bond donors (Lipinski definition) is 0. The Balaban J connectivity index is 0.988. The van der Waals surface area contributed by atoms with Crippen LogP contribution in [0.25, 0.3) is 128 Å². The van der Waals surface area contributed by atoms with Crippen molar-refractivity contribution >= 4 is 65.4 Å². The third-order valence-electron chi connectivity index (χ3n) is 14.2. The highest BCUT2D eigenvalue weighted by molar-refractivity contribution is 6.14. The van der Waals surface area contributed by atoms with Crippen LogP contribution >= 0.6 is 0 Å². The van der Waals surface area contributed by atoms with Gasteiger partial charge in [0.15, 0.2) is 11.6 Å². The number of nitrogens with zero attached hydrogens (tertiary/aromatic N) is 6. The molecule has 0 saturated heterocycles. The summed E-state index contributed by atoms with van der Waals surface area (Å²) >= 11 is 0. The fraction of sp³-hybridized carbons (Fsp3) is 0.0308. The summed E-state index contributed by atoms with van der Waals surface area (Å²) < 4.78 is 6.98. The van der Waals surface area contributed by atoms with Crippen molar-refractivity contribution in [3.05, 3.63) is 242 Å². The quantitative estimate of drug-likeness (QED) is 0.160. The topological polar surface area (TPSA) is 53.5 Å². The maximum absolute atomic E-state index is 5.26. The zero-order valence-corrected chi connectivity index (χ0v) is 39.1. The van der Waals surface area contributed by atoms with E-state index in [1.807, 2.05) is 36.4 Å². The Morgan fingerprint density at radius 1 is 0.254 bits per heavy atom. The number of aromatic nitrogens is 6. The second kappa shape index (κ2) is 16.1. The van der Waals surface area contributed by atoms with Gasteiger partial charge >= 0.3 is 0 Å². The first-order valence-electron chi connectivity index (χ1n) is 24.2. The lowest BCUT2D eigenvalue weighted by Gasteiger charge is -2.11. The molecule has 0 spiro atoms. The highest BCUT2D eigenvalue weighted by Gasteiger charge is 2.21. The predicted molar refractivity (Wildman–Crippen MR) is 294 cm³/mol. The summed E-state index contributed by atoms with van der Waals surface area (Å²) in [4.78, 5) is 15.6. The smallest absolute Gasteiger partial charge is 0.238 e. The van der Waals surface area contributed by atoms with Crippen LogP contribution in [0.4, 0.5) is 0 Å². The van der Waals surface area contributed by atoms with Crippen molar-refractivity contribution in [2.75, 3.05) is 0 Å². The van der Waals surface area contributed by atoms with E-state index in [4.69, 9.17) is 15.0 Å². The average Bonchev–Trinajstić information content (AvgIpc) is 4.06. The van der Waals surface area contributed by atoms with Crippen molar-refractivity contribution in [2.45, 2.75) is 13.8 Å². The zero-order valence-electron chi connectivity index (χ0n) is 39.1. The molecule has 14 aromatic rings. The SMILES string of the molecule is Cc1ccc(-n2c3ccccc3c3cc(-c4ccc5c(c4)c4cc(-c6ccc7c(c6)c6ccccc6n7-c6ccc(C)cc6)ccc4n5-c4nc(-c5ccccc5)nc(-c5ccccc5)n4)ccc32)cc1. The van der Waals surface area contributed by atoms with E-state index in [1.54, 1.807) is 0 Å². The fourth-order valence-electron chi connectivity index (χ4n) is 10.7. The molecular weight excluding hydrogens is 865 g/mol. The molecule has 0 saturated carbocycles. The van der Waals surface area contributed by atoms with Crippen molar-refractivity contribution in [3.63, 3.8) is 0 Å². The summed E-state index contributed by atoms with van der Waals surface area (Å²) in [5, 5.41) is 7.11. The highest BCUT2D eigenvalue weighted by atomic mass is 15.2. The zero-order chi connectivity index (χ0) is 47.2. The molecule has 71 heavy (non-hydrogen) atoms. The van der Waals surface area contributed by atoms with Crippen LogP contribution in [0.15, 0.2) is 231 Å². The Hall–Kier alpha value is -9.39. The van der Waals surface area contributed by atoms with Crippen LogP contribution in [0, 0.1) is 13.8 Å². The second-order valence-electron chi connectivity index (χ2n) is 18.7. The summed E-state index contributed by atoms with van der Waals surface area (Å²) in [6.45, 7) is 4.27. The van der Waals surface area contributed by atoms with Gasteiger partial charge in [-0.15, -0.1) is 0 Å². The molecule has 334 valence electrons. The lowest BCUT2D eigenvalue weighted by Crippen LogP contribution is -2.06. The lowest BCUT2D eigenvalue weighted by atomic mass is 9.98. The summed E-state index contributed by atoms with van der Waals surface area (Å²) in [7, 11) is 0. The third kappa shape index (κ3) is 6.68. The molecule has 0 amide bonds. The van der Waals surface area contributed by atoms with Gasteiger partial charge in [-0.2, -0.15) is 9.97 Å². The van der Waals surface area contributed by atoms with Crippen LogP contribution in [-0.2, 0) is 0 Å². The van der Waals surface area contributed by atoms with E-state index in [2.05, 4.69) is 222 Å². The number of fused-ring (bicyclic) bond motifs is 9. The molecule has 0 aliphatic rings. The van der Waals surface area contributed by atoms with Crippen LogP contribution in [-0.4, -0.2) is 28.7 Å². The normalized spacial score (nSPS) is 11.8. The molecule has 0 N–H and O–H groups in total. The highest BCUT2D eigenvalue weighted by Crippen LogP contribution is 2.41. The van der Waals surface area contributed by atoms with Crippen molar-refractivity contribution in [2.24, 2.45) is 0 Å². The first-order valence-corrected chi connectivity index (χ1v) is 24.2. The molecule has 0 fully saturated rings. The molecule has 6 heteroatoms. The summed E-state index contributed by atoms with van der Waals surface area (Å²) in [5.74, 6) is 1.80. The van der Waals surface area contributed by atoms with E-state index in [-0.39, 0.29) is 0 Å². The summed E-state index contributed by atoms with van der Waals surface area (Å²) in [6, 6.07) is 83.0. The van der Waals surface area contributed by atoms with E-state index >= 15 is 0 Å². The van der Waals surface area contributed by atoms with Crippen molar-refractivity contribution in [3.8, 4) is 62.4 Å². The Morgan fingerprint density at radius 3 is 0.972 bits per heavy atom. The van der Waals surface area contributed by atoms with Crippen LogP contribution in [0.2, 0.25) is 0 Å². The fourth-order valence-corrected chi connectivity index (χ4v) is 10.7. The lowest BCUT2D eigenvalue weighted by molar-refractivity contribution is 0.953. The van der Waals surface area contributed by atoms with Gasteiger partial charge in [-0.3, -0.25) is 4.57 Å². The number of benzene rings is 10. The average molecular weight is 909 g/mol. The monoisotopic (exact) mass is 908 g/mol. The molecule has 0 aliphatic heterocycles. The van der Waals surface area contributed by atoms with Crippen molar-refractivity contribution in [1.82, 2.24) is 28.7 Å². The largest absolute Gasteiger partial charge is 0.309 e. The summed E-state index contributed by atoms with van der Waals surface area (Å²) in [6.07, 6.45) is 0. The molecule has 10 aromatic carbocycles. The molecule has 0 radical (unpaired) electrons. The van der Waals surface area contributed by atoms with Crippen LogP contribution in [0.1, 0.15) is 11.1 Å². The van der Waals surface area contributed by atoms with E-state index < -0.39 is 0 Å². The van der Waals surface area contributed by atoms with E-state index in [0.29, 0.717) is 17.6 Å². The molecule has 14 rings (SSSR count). The molecular formula is C65H44N6. The number of para-hydroxylation sites is 2. The standard InChI is InChI=1S/C65H44N6/c1-41-21-29-49(30-22-41)69-57-19-11-9-17-51(57)53-37-45(25-33-59(53)69)47-27-35-61-55(39-47)56-40-48(46-26-34-60-54(38-46)52-18-10-12-20-58(52)70(60)50-31-23-42(2)24-32-50)28-36-62(56)71(61)65-67-63(43-13-5-3-6-14-43)66-64(68-65)44-15-7-4-8-16-44/h3-40H,1-2H3. The van der Waals surface area contributed by atoms with Gasteiger partial charge in [0.1, 0.15) is 0 Å². The molecule has 0 bridgehead atoms.